The zero-order valence-electron chi connectivity index (χ0n) is 30.5. The number of carbonyl (C=O) groups excluding carboxylic acids is 1. The second-order valence-corrected chi connectivity index (χ2v) is 27.4. The molecule has 3 atom stereocenters. The average Bonchev–Trinajstić information content (AvgIpc) is 3.53. The molecule has 0 spiro atoms. The molecule has 13 heteroatoms. The fraction of sp³-hybridized carbons (Fsp3) is 0.647. The van der Waals surface area contributed by atoms with Gasteiger partial charge in [0.25, 0.3) is 0 Å². The van der Waals surface area contributed by atoms with E-state index < -0.39 is 28.3 Å². The van der Waals surface area contributed by atoms with Gasteiger partial charge in [-0.2, -0.15) is 0 Å². The molecule has 1 aromatic carbocycles. The van der Waals surface area contributed by atoms with Gasteiger partial charge in [-0.3, -0.25) is 9.47 Å². The van der Waals surface area contributed by atoms with Gasteiger partial charge in [0.15, 0.2) is 33.6 Å². The van der Waals surface area contributed by atoms with Crippen molar-refractivity contribution in [1.82, 2.24) is 19.5 Å². The van der Waals surface area contributed by atoms with Crippen LogP contribution in [0.4, 0.5) is 10.6 Å². The van der Waals surface area contributed by atoms with Gasteiger partial charge in [0.05, 0.1) is 25.6 Å². The van der Waals surface area contributed by atoms with Gasteiger partial charge in [0.2, 0.25) is 0 Å². The first-order chi connectivity index (χ1) is 21.5. The highest BCUT2D eigenvalue weighted by Crippen LogP contribution is 2.43. The van der Waals surface area contributed by atoms with Crippen LogP contribution >= 0.6 is 22.6 Å². The topological polar surface area (TPSA) is 101 Å². The molecule has 3 aromatic rings. The number of fused-ring (bicyclic) bond motifs is 1. The van der Waals surface area contributed by atoms with Crippen LogP contribution in [0, 0.1) is 3.57 Å². The first kappa shape index (κ1) is 37.9. The molecule has 260 valence electrons. The Labute approximate surface area is 296 Å². The van der Waals surface area contributed by atoms with Crippen molar-refractivity contribution in [3.8, 4) is 0 Å². The Balaban J connectivity index is 1.70. The number of hydrogen-bond donors (Lipinski definition) is 0. The van der Waals surface area contributed by atoms with Crippen molar-refractivity contribution in [2.24, 2.45) is 0 Å². The second kappa shape index (κ2) is 13.8. The third-order valence-corrected chi connectivity index (χ3v) is 19.3. The summed E-state index contributed by atoms with van der Waals surface area (Å²) >= 11 is 2.27. The Hall–Kier alpha value is -1.92. The predicted molar refractivity (Wildman–Crippen MR) is 201 cm³/mol. The van der Waals surface area contributed by atoms with Crippen LogP contribution in [0.1, 0.15) is 80.5 Å². The number of nitrogens with zero attached hydrogens (tertiary/aromatic N) is 5. The standard InChI is InChI=1S/C34H54IN5O5Si2/c1-32(2,3)44-31(41)39(19-23-14-16-24(35)17-15-23)29-28-30(37-21-36-29)40(22-38-28)27-18-25(45-47(12,13)34(7,8)9)26(43-27)20-42-46(10,11)33(4,5)6/h14-17,21-22,25-27H,18-20H2,1-13H3/t25?,26-,27-/m1/s1. The van der Waals surface area contributed by atoms with Gasteiger partial charge in [-0.05, 0) is 97.3 Å². The van der Waals surface area contributed by atoms with E-state index in [1.54, 1.807) is 6.33 Å². The number of halogens is 1. The summed E-state index contributed by atoms with van der Waals surface area (Å²) in [5.41, 5.74) is 1.32. The third-order valence-electron chi connectivity index (χ3n) is 9.62. The number of hydrogen-bond acceptors (Lipinski definition) is 8. The Morgan fingerprint density at radius 2 is 1.57 bits per heavy atom. The summed E-state index contributed by atoms with van der Waals surface area (Å²) in [5, 5.41) is 0.120. The van der Waals surface area contributed by atoms with Gasteiger partial charge in [0, 0.05) is 9.99 Å². The fourth-order valence-electron chi connectivity index (χ4n) is 4.77. The lowest BCUT2D eigenvalue weighted by molar-refractivity contribution is -0.0383. The fourth-order valence-corrected chi connectivity index (χ4v) is 7.50. The highest BCUT2D eigenvalue weighted by molar-refractivity contribution is 14.1. The molecule has 0 bridgehead atoms. The number of rotatable bonds is 9. The molecule has 1 unspecified atom stereocenters. The van der Waals surface area contributed by atoms with Crippen molar-refractivity contribution < 1.29 is 23.1 Å². The number of aromatic nitrogens is 4. The van der Waals surface area contributed by atoms with Crippen LogP contribution in [0.25, 0.3) is 11.2 Å². The van der Waals surface area contributed by atoms with E-state index >= 15 is 0 Å². The first-order valence-electron chi connectivity index (χ1n) is 16.4. The van der Waals surface area contributed by atoms with Gasteiger partial charge in [-0.1, -0.05) is 53.7 Å². The molecule has 3 heterocycles. The second-order valence-electron chi connectivity index (χ2n) is 16.6. The molecule has 1 fully saturated rings. The van der Waals surface area contributed by atoms with Crippen LogP contribution in [0.5, 0.6) is 0 Å². The minimum atomic E-state index is -2.12. The van der Waals surface area contributed by atoms with Crippen LogP contribution < -0.4 is 4.90 Å². The summed E-state index contributed by atoms with van der Waals surface area (Å²) in [6.07, 6.45) is 2.54. The molecule has 4 rings (SSSR count). The minimum Gasteiger partial charge on any atom is -0.443 e. The molecule has 1 amide bonds. The number of ether oxygens (including phenoxy) is 2. The lowest BCUT2D eigenvalue weighted by atomic mass is 10.2. The van der Waals surface area contributed by atoms with Crippen LogP contribution in [0.3, 0.4) is 0 Å². The van der Waals surface area contributed by atoms with E-state index in [9.17, 15) is 4.79 Å². The molecule has 0 N–H and O–H groups in total. The average molecular weight is 796 g/mol. The highest BCUT2D eigenvalue weighted by atomic mass is 127. The SMILES string of the molecule is CC(C)(C)OC(=O)N(Cc1ccc(I)cc1)c1ncnc2c1ncn2[C@H]1CC(O[Si](C)(C)C(C)(C)C)[C@@H](CO[Si](C)(C)C(C)(C)C)O1. The van der Waals surface area contributed by atoms with Gasteiger partial charge >= 0.3 is 6.09 Å². The van der Waals surface area contributed by atoms with Crippen LogP contribution in [-0.4, -0.2) is 66.7 Å². The van der Waals surface area contributed by atoms with Gasteiger partial charge < -0.3 is 18.3 Å². The first-order valence-corrected chi connectivity index (χ1v) is 23.3. The maximum absolute atomic E-state index is 13.6. The number of amides is 1. The summed E-state index contributed by atoms with van der Waals surface area (Å²) in [5.74, 6) is 0.381. The molecule has 1 aliphatic rings. The van der Waals surface area contributed by atoms with E-state index in [4.69, 9.17) is 23.3 Å². The lowest BCUT2D eigenvalue weighted by Gasteiger charge is -2.40. The van der Waals surface area contributed by atoms with E-state index in [1.807, 2.05) is 49.6 Å². The van der Waals surface area contributed by atoms with Gasteiger partial charge in [-0.25, -0.2) is 19.7 Å². The highest BCUT2D eigenvalue weighted by Gasteiger charge is 2.47. The maximum Gasteiger partial charge on any atom is 0.416 e. The van der Waals surface area contributed by atoms with Crippen molar-refractivity contribution in [2.45, 2.75) is 136 Å². The quantitative estimate of drug-likeness (QED) is 0.156. The number of imidazole rings is 1. The maximum atomic E-state index is 13.6. The van der Waals surface area contributed by atoms with E-state index in [0.717, 1.165) is 9.13 Å². The zero-order valence-corrected chi connectivity index (χ0v) is 34.6. The molecule has 1 aliphatic heterocycles. The minimum absolute atomic E-state index is 0.0436. The Morgan fingerprint density at radius 1 is 0.957 bits per heavy atom. The number of carbonyl (C=O) groups is 1. The molecule has 1 saturated heterocycles. The normalized spacial score (nSPS) is 19.7. The molecule has 0 aliphatic carbocycles. The van der Waals surface area contributed by atoms with Crippen LogP contribution in [0.15, 0.2) is 36.9 Å². The smallest absolute Gasteiger partial charge is 0.416 e. The summed E-state index contributed by atoms with van der Waals surface area (Å²) in [6.45, 7) is 28.8. The van der Waals surface area contributed by atoms with Gasteiger partial charge in [0.1, 0.15) is 24.3 Å². The Kier molecular flexibility index (Phi) is 11.1. The predicted octanol–water partition coefficient (Wildman–Crippen LogP) is 9.07. The van der Waals surface area contributed by atoms with E-state index in [2.05, 4.69) is 100 Å². The molecule has 0 radical (unpaired) electrons. The molecular weight excluding hydrogens is 741 g/mol. The van der Waals surface area contributed by atoms with Crippen molar-refractivity contribution >= 4 is 62.3 Å². The van der Waals surface area contributed by atoms with E-state index in [1.165, 1.54) is 11.2 Å². The molecule has 47 heavy (non-hydrogen) atoms. The molecular formula is C34H54IN5O5Si2. The third kappa shape index (κ3) is 9.01. The monoisotopic (exact) mass is 795 g/mol. The summed E-state index contributed by atoms with van der Waals surface area (Å²) in [7, 11) is -4.15. The molecule has 0 saturated carbocycles. The van der Waals surface area contributed by atoms with Crippen molar-refractivity contribution in [3.05, 3.63) is 46.1 Å². The molecule has 2 aromatic heterocycles. The number of anilines is 1. The lowest BCUT2D eigenvalue weighted by Crippen LogP contribution is -2.48. The number of benzene rings is 1. The summed E-state index contributed by atoms with van der Waals surface area (Å²) in [4.78, 5) is 29.1. The Morgan fingerprint density at radius 3 is 2.15 bits per heavy atom. The van der Waals surface area contributed by atoms with Crippen molar-refractivity contribution in [3.63, 3.8) is 0 Å². The summed E-state index contributed by atoms with van der Waals surface area (Å²) in [6, 6.07) is 8.02. The van der Waals surface area contributed by atoms with Crippen molar-refractivity contribution in [2.75, 3.05) is 11.5 Å². The Bertz CT molecular complexity index is 1540. The zero-order chi connectivity index (χ0) is 35.2. The van der Waals surface area contributed by atoms with Gasteiger partial charge in [-0.15, -0.1) is 0 Å². The van der Waals surface area contributed by atoms with E-state index in [0.29, 0.717) is 30.0 Å². The largest absolute Gasteiger partial charge is 0.443 e. The van der Waals surface area contributed by atoms with Crippen LogP contribution in [-0.2, 0) is 24.9 Å². The molecule has 10 nitrogen and oxygen atoms in total. The van der Waals surface area contributed by atoms with Crippen molar-refractivity contribution in [1.29, 1.82) is 0 Å². The van der Waals surface area contributed by atoms with Crippen LogP contribution in [0.2, 0.25) is 36.3 Å². The van der Waals surface area contributed by atoms with E-state index in [-0.39, 0.29) is 35.1 Å². The summed E-state index contributed by atoms with van der Waals surface area (Å²) < 4.78 is 29.3.